The molecule has 0 aromatic carbocycles. The van der Waals surface area contributed by atoms with Gasteiger partial charge in [0.1, 0.15) is 0 Å². The van der Waals surface area contributed by atoms with Crippen molar-refractivity contribution in [2.45, 2.75) is 19.4 Å². The number of halogens is 2. The molecule has 0 radical (unpaired) electrons. The zero-order chi connectivity index (χ0) is 9.40. The summed E-state index contributed by atoms with van der Waals surface area (Å²) in [5.74, 6) is 0.273. The molecule has 0 amide bonds. The normalized spacial score (nSPS) is 17.7. The number of aliphatic hydroxyl groups excluding tert-OH is 1. The topological polar surface area (TPSA) is 20.2 Å². The first kappa shape index (κ1) is 12.5. The van der Waals surface area contributed by atoms with Crippen LogP contribution in [0.25, 0.3) is 0 Å². The van der Waals surface area contributed by atoms with E-state index in [1.165, 1.54) is 0 Å². The third-order valence-corrected chi connectivity index (χ3v) is 1.64. The Morgan fingerprint density at radius 2 is 1.83 bits per heavy atom. The summed E-state index contributed by atoms with van der Waals surface area (Å²) >= 11 is 0.194. The molecular formula is C8H12Cl2FeO. The van der Waals surface area contributed by atoms with Crippen LogP contribution in [-0.2, 0) is 13.1 Å². The fourth-order valence-corrected chi connectivity index (χ4v) is 0.978. The summed E-state index contributed by atoms with van der Waals surface area (Å²) in [7, 11) is 9.53. The van der Waals surface area contributed by atoms with Gasteiger partial charge >= 0.3 is 33.3 Å². The van der Waals surface area contributed by atoms with Crippen molar-refractivity contribution in [2.75, 3.05) is 0 Å². The van der Waals surface area contributed by atoms with Gasteiger partial charge in [-0.2, -0.15) is 0 Å². The van der Waals surface area contributed by atoms with Gasteiger partial charge in [0.05, 0.1) is 6.10 Å². The third-order valence-electron chi connectivity index (χ3n) is 1.64. The maximum atomic E-state index is 9.26. The standard InChI is InChI=1S/C8H12O.2ClH.Fe/c1-2-8(9)7-5-3-4-6-7;;;/h3-9H,2H2,1H3;2*1H;/q;;;+2/p-2. The molecule has 1 atom stereocenters. The van der Waals surface area contributed by atoms with Gasteiger partial charge in [-0.1, -0.05) is 31.2 Å². The van der Waals surface area contributed by atoms with Gasteiger partial charge in [-0.15, -0.1) is 0 Å². The minimum absolute atomic E-state index is 0.181. The van der Waals surface area contributed by atoms with Gasteiger partial charge in [0.25, 0.3) is 0 Å². The van der Waals surface area contributed by atoms with Crippen molar-refractivity contribution in [3.05, 3.63) is 24.3 Å². The van der Waals surface area contributed by atoms with Gasteiger partial charge in [0.15, 0.2) is 0 Å². The van der Waals surface area contributed by atoms with Crippen molar-refractivity contribution in [3.8, 4) is 0 Å². The summed E-state index contributed by atoms with van der Waals surface area (Å²) in [4.78, 5) is 0. The summed E-state index contributed by atoms with van der Waals surface area (Å²) in [6.07, 6.45) is 8.65. The van der Waals surface area contributed by atoms with E-state index in [1.54, 1.807) is 0 Å². The second-order valence-corrected chi connectivity index (χ2v) is 4.20. The van der Waals surface area contributed by atoms with E-state index in [-0.39, 0.29) is 25.2 Å². The van der Waals surface area contributed by atoms with Gasteiger partial charge in [-0.3, -0.25) is 0 Å². The summed E-state index contributed by atoms with van der Waals surface area (Å²) in [6.45, 7) is 1.99. The van der Waals surface area contributed by atoms with Gasteiger partial charge in [0.2, 0.25) is 0 Å². The van der Waals surface area contributed by atoms with Crippen LogP contribution in [0.2, 0.25) is 0 Å². The Kier molecular flexibility index (Phi) is 8.52. The number of hydrogen-bond donors (Lipinski definition) is 1. The van der Waals surface area contributed by atoms with Crippen molar-refractivity contribution < 1.29 is 18.2 Å². The van der Waals surface area contributed by atoms with E-state index in [0.717, 1.165) is 6.42 Å². The Morgan fingerprint density at radius 3 is 2.17 bits per heavy atom. The molecule has 12 heavy (non-hydrogen) atoms. The Labute approximate surface area is 88.1 Å². The molecule has 72 valence electrons. The molecule has 0 saturated carbocycles. The van der Waals surface area contributed by atoms with Crippen molar-refractivity contribution in [3.63, 3.8) is 0 Å². The molecule has 0 aliphatic heterocycles. The first-order chi connectivity index (χ1) is 5.76. The van der Waals surface area contributed by atoms with Crippen molar-refractivity contribution in [2.24, 2.45) is 5.92 Å². The number of aliphatic hydroxyl groups is 1. The van der Waals surface area contributed by atoms with Crippen LogP contribution in [0, 0.1) is 5.92 Å². The molecule has 0 bridgehead atoms. The zero-order valence-corrected chi connectivity index (χ0v) is 9.34. The van der Waals surface area contributed by atoms with E-state index < -0.39 is 0 Å². The quantitative estimate of drug-likeness (QED) is 0.748. The second kappa shape index (κ2) is 8.15. The first-order valence-electron chi connectivity index (χ1n) is 3.64. The van der Waals surface area contributed by atoms with E-state index in [0.29, 0.717) is 0 Å². The molecule has 0 heterocycles. The molecule has 1 nitrogen and oxygen atoms in total. The Bertz CT molecular complexity index is 147. The maximum absolute atomic E-state index is 9.26. The monoisotopic (exact) mass is 250 g/mol. The Morgan fingerprint density at radius 1 is 1.42 bits per heavy atom. The average Bonchev–Trinajstić information content (AvgIpc) is 2.56. The van der Waals surface area contributed by atoms with E-state index in [1.807, 2.05) is 31.2 Å². The Hall–Kier alpha value is 0.539. The third kappa shape index (κ3) is 5.23. The molecule has 0 spiro atoms. The summed E-state index contributed by atoms with van der Waals surface area (Å²) in [5, 5.41) is 9.26. The molecule has 1 rings (SSSR count). The van der Waals surface area contributed by atoms with Crippen molar-refractivity contribution >= 4 is 20.2 Å². The first-order valence-corrected chi connectivity index (χ1v) is 6.68. The van der Waals surface area contributed by atoms with Crippen LogP contribution in [0.1, 0.15) is 13.3 Å². The molecule has 1 N–H and O–H groups in total. The van der Waals surface area contributed by atoms with E-state index in [4.69, 9.17) is 20.2 Å². The number of hydrogen-bond acceptors (Lipinski definition) is 1. The molecule has 1 aliphatic carbocycles. The fraction of sp³-hybridized carbons (Fsp3) is 0.500. The zero-order valence-electron chi connectivity index (χ0n) is 6.73. The Balaban J connectivity index is 0.000000354. The molecule has 0 aromatic rings. The van der Waals surface area contributed by atoms with E-state index in [2.05, 4.69) is 0 Å². The molecular weight excluding hydrogens is 239 g/mol. The summed E-state index contributed by atoms with van der Waals surface area (Å²) < 4.78 is 0. The second-order valence-electron chi connectivity index (χ2n) is 2.37. The van der Waals surface area contributed by atoms with Crippen LogP contribution in [0.5, 0.6) is 0 Å². The van der Waals surface area contributed by atoms with Crippen LogP contribution in [-0.4, -0.2) is 11.2 Å². The van der Waals surface area contributed by atoms with Gasteiger partial charge in [-0.25, -0.2) is 0 Å². The van der Waals surface area contributed by atoms with Crippen molar-refractivity contribution in [1.82, 2.24) is 0 Å². The SMILES string of the molecule is CCC(O)C1C=CC=C1.[Cl][Fe][Cl]. The molecule has 0 aromatic heterocycles. The molecule has 0 saturated heterocycles. The van der Waals surface area contributed by atoms with E-state index in [9.17, 15) is 5.11 Å². The van der Waals surface area contributed by atoms with Crippen LogP contribution in [0.3, 0.4) is 0 Å². The minimum atomic E-state index is -0.181. The van der Waals surface area contributed by atoms with E-state index >= 15 is 0 Å². The van der Waals surface area contributed by atoms with Gasteiger partial charge in [-0.05, 0) is 6.42 Å². The number of rotatable bonds is 2. The predicted molar refractivity (Wildman–Crippen MR) is 49.8 cm³/mol. The van der Waals surface area contributed by atoms with Crippen LogP contribution in [0.4, 0.5) is 0 Å². The summed E-state index contributed by atoms with van der Waals surface area (Å²) in [6, 6.07) is 0. The molecule has 4 heteroatoms. The van der Waals surface area contributed by atoms with Crippen LogP contribution < -0.4 is 0 Å². The van der Waals surface area contributed by atoms with Crippen LogP contribution in [0.15, 0.2) is 24.3 Å². The van der Waals surface area contributed by atoms with Gasteiger partial charge in [0, 0.05) is 5.92 Å². The average molecular weight is 251 g/mol. The van der Waals surface area contributed by atoms with Crippen molar-refractivity contribution in [1.29, 1.82) is 0 Å². The molecule has 0 fully saturated rings. The summed E-state index contributed by atoms with van der Waals surface area (Å²) in [5.41, 5.74) is 0. The number of allylic oxidation sites excluding steroid dienone is 2. The fourth-order valence-electron chi connectivity index (χ4n) is 0.978. The molecule has 1 unspecified atom stereocenters. The van der Waals surface area contributed by atoms with Crippen LogP contribution >= 0.6 is 20.2 Å². The van der Waals surface area contributed by atoms with Gasteiger partial charge < -0.3 is 5.11 Å². The molecule has 1 aliphatic rings. The predicted octanol–water partition coefficient (Wildman–Crippen LogP) is 2.88.